The molecule has 2 unspecified atom stereocenters. The van der Waals surface area contributed by atoms with Crippen LogP contribution in [0.3, 0.4) is 0 Å². The fourth-order valence-corrected chi connectivity index (χ4v) is 4.26. The molecule has 0 aliphatic carbocycles. The first kappa shape index (κ1) is 16.4. The third-order valence-corrected chi connectivity index (χ3v) is 5.33. The van der Waals surface area contributed by atoms with Gasteiger partial charge in [0.25, 0.3) is 10.2 Å². The largest absolute Gasteiger partial charge is 0.392 e. The van der Waals surface area contributed by atoms with E-state index >= 15 is 0 Å². The van der Waals surface area contributed by atoms with Crippen LogP contribution in [0.1, 0.15) is 31.4 Å². The first-order valence-corrected chi connectivity index (χ1v) is 8.78. The summed E-state index contributed by atoms with van der Waals surface area (Å²) in [6.07, 6.45) is 1.08. The van der Waals surface area contributed by atoms with Crippen LogP contribution < -0.4 is 4.72 Å². The van der Waals surface area contributed by atoms with E-state index in [0.717, 1.165) is 17.5 Å². The average Bonchev–Trinajstić information content (AvgIpc) is 2.45. The molecule has 0 spiro atoms. The Morgan fingerprint density at radius 2 is 1.67 bits per heavy atom. The van der Waals surface area contributed by atoms with Crippen molar-refractivity contribution in [1.29, 1.82) is 0 Å². The molecule has 21 heavy (non-hydrogen) atoms. The van der Waals surface area contributed by atoms with Crippen molar-refractivity contribution >= 4 is 10.2 Å². The summed E-state index contributed by atoms with van der Waals surface area (Å²) in [5.74, 6) is 0.795. The summed E-state index contributed by atoms with van der Waals surface area (Å²) in [6.45, 7) is 5.62. The number of aliphatic hydroxyl groups is 1. The van der Waals surface area contributed by atoms with Gasteiger partial charge < -0.3 is 5.11 Å². The fraction of sp³-hybridized carbons (Fsp3) is 0.600. The second-order valence-corrected chi connectivity index (χ2v) is 7.82. The zero-order valence-corrected chi connectivity index (χ0v) is 13.4. The Morgan fingerprint density at radius 1 is 1.14 bits per heavy atom. The van der Waals surface area contributed by atoms with E-state index < -0.39 is 10.2 Å². The van der Waals surface area contributed by atoms with Crippen LogP contribution in [0.15, 0.2) is 24.3 Å². The van der Waals surface area contributed by atoms with E-state index in [2.05, 4.69) is 18.6 Å². The maximum atomic E-state index is 12.3. The van der Waals surface area contributed by atoms with E-state index in [0.29, 0.717) is 24.9 Å². The Kier molecular flexibility index (Phi) is 5.37. The quantitative estimate of drug-likeness (QED) is 0.865. The standard InChI is InChI=1S/C15H24N2O3S/c1-12-7-13(2)10-17(9-12)21(19,20)16-8-14-3-5-15(11-18)6-4-14/h3-6,12-13,16,18H,7-11H2,1-2H3. The first-order valence-electron chi connectivity index (χ1n) is 7.34. The molecule has 0 aromatic heterocycles. The number of benzene rings is 1. The van der Waals surface area contributed by atoms with Crippen LogP contribution in [-0.2, 0) is 23.4 Å². The summed E-state index contributed by atoms with van der Waals surface area (Å²) in [5.41, 5.74) is 1.70. The van der Waals surface area contributed by atoms with E-state index in [4.69, 9.17) is 5.11 Å². The third-order valence-electron chi connectivity index (χ3n) is 3.84. The second-order valence-electron chi connectivity index (χ2n) is 6.06. The normalized spacial score (nSPS) is 24.1. The maximum Gasteiger partial charge on any atom is 0.279 e. The van der Waals surface area contributed by atoms with Gasteiger partial charge in [0.1, 0.15) is 0 Å². The van der Waals surface area contributed by atoms with Gasteiger partial charge in [-0.3, -0.25) is 0 Å². The SMILES string of the molecule is CC1CC(C)CN(S(=O)(=O)NCc2ccc(CO)cc2)C1. The molecule has 1 aromatic rings. The van der Waals surface area contributed by atoms with Crippen LogP contribution in [0.2, 0.25) is 0 Å². The summed E-state index contributed by atoms with van der Waals surface area (Å²) < 4.78 is 28.9. The van der Waals surface area contributed by atoms with Crippen LogP contribution in [-0.4, -0.2) is 30.9 Å². The van der Waals surface area contributed by atoms with Crippen LogP contribution in [0, 0.1) is 11.8 Å². The molecular formula is C15H24N2O3S. The van der Waals surface area contributed by atoms with Crippen molar-refractivity contribution in [3.63, 3.8) is 0 Å². The van der Waals surface area contributed by atoms with Gasteiger partial charge in [-0.1, -0.05) is 38.1 Å². The minimum Gasteiger partial charge on any atom is -0.392 e. The lowest BCUT2D eigenvalue weighted by Gasteiger charge is -2.33. The van der Waals surface area contributed by atoms with Gasteiger partial charge in [0.15, 0.2) is 0 Å². The summed E-state index contributed by atoms with van der Waals surface area (Å²) in [7, 11) is -3.43. The number of nitrogens with zero attached hydrogens (tertiary/aromatic N) is 1. The second kappa shape index (κ2) is 6.87. The highest BCUT2D eigenvalue weighted by atomic mass is 32.2. The smallest absolute Gasteiger partial charge is 0.279 e. The molecule has 1 fully saturated rings. The molecule has 5 nitrogen and oxygen atoms in total. The number of hydrogen-bond acceptors (Lipinski definition) is 3. The van der Waals surface area contributed by atoms with Gasteiger partial charge in [0.05, 0.1) is 6.61 Å². The summed E-state index contributed by atoms with van der Waals surface area (Å²) in [5, 5.41) is 8.99. The zero-order chi connectivity index (χ0) is 15.5. The third kappa shape index (κ3) is 4.51. The van der Waals surface area contributed by atoms with E-state index in [1.807, 2.05) is 12.1 Å². The van der Waals surface area contributed by atoms with Crippen molar-refractivity contribution < 1.29 is 13.5 Å². The van der Waals surface area contributed by atoms with Gasteiger partial charge in [0, 0.05) is 19.6 Å². The number of aliphatic hydroxyl groups excluding tert-OH is 1. The average molecular weight is 312 g/mol. The topological polar surface area (TPSA) is 69.6 Å². The van der Waals surface area contributed by atoms with Gasteiger partial charge in [-0.05, 0) is 29.4 Å². The molecule has 0 amide bonds. The number of piperidine rings is 1. The van der Waals surface area contributed by atoms with E-state index in [9.17, 15) is 8.42 Å². The summed E-state index contributed by atoms with van der Waals surface area (Å²) in [4.78, 5) is 0. The van der Waals surface area contributed by atoms with E-state index in [1.165, 1.54) is 0 Å². The Bertz CT molecular complexity index is 547. The minimum absolute atomic E-state index is 0.00440. The molecule has 0 radical (unpaired) electrons. The van der Waals surface area contributed by atoms with Crippen LogP contribution in [0.5, 0.6) is 0 Å². The number of nitrogens with one attached hydrogen (secondary N) is 1. The molecular weight excluding hydrogens is 288 g/mol. The predicted molar refractivity (Wildman–Crippen MR) is 82.6 cm³/mol. The van der Waals surface area contributed by atoms with Gasteiger partial charge in [-0.15, -0.1) is 0 Å². The lowest BCUT2D eigenvalue weighted by molar-refractivity contribution is 0.220. The van der Waals surface area contributed by atoms with Gasteiger partial charge >= 0.3 is 0 Å². The highest BCUT2D eigenvalue weighted by Gasteiger charge is 2.29. The van der Waals surface area contributed by atoms with Crippen LogP contribution in [0.25, 0.3) is 0 Å². The first-order chi connectivity index (χ1) is 9.90. The Labute approximate surface area is 127 Å². The number of rotatable bonds is 5. The number of hydrogen-bond donors (Lipinski definition) is 2. The minimum atomic E-state index is -3.43. The van der Waals surface area contributed by atoms with Gasteiger partial charge in [-0.2, -0.15) is 17.4 Å². The van der Waals surface area contributed by atoms with E-state index in [-0.39, 0.29) is 13.2 Å². The Hall–Kier alpha value is -0.950. The van der Waals surface area contributed by atoms with Crippen molar-refractivity contribution in [1.82, 2.24) is 9.03 Å². The Balaban J connectivity index is 1.97. The zero-order valence-electron chi connectivity index (χ0n) is 12.6. The summed E-state index contributed by atoms with van der Waals surface area (Å²) >= 11 is 0. The molecule has 2 rings (SSSR count). The molecule has 0 bridgehead atoms. The van der Waals surface area contributed by atoms with Crippen LogP contribution >= 0.6 is 0 Å². The van der Waals surface area contributed by atoms with Crippen molar-refractivity contribution in [3.05, 3.63) is 35.4 Å². The molecule has 0 saturated carbocycles. The lowest BCUT2D eigenvalue weighted by atomic mass is 9.94. The fourth-order valence-electron chi connectivity index (χ4n) is 2.83. The molecule has 1 aromatic carbocycles. The highest BCUT2D eigenvalue weighted by molar-refractivity contribution is 7.87. The van der Waals surface area contributed by atoms with Crippen molar-refractivity contribution in [2.75, 3.05) is 13.1 Å². The predicted octanol–water partition coefficient (Wildman–Crippen LogP) is 1.49. The summed E-state index contributed by atoms with van der Waals surface area (Å²) in [6, 6.07) is 7.26. The van der Waals surface area contributed by atoms with Crippen molar-refractivity contribution in [2.45, 2.75) is 33.4 Å². The molecule has 118 valence electrons. The van der Waals surface area contributed by atoms with Gasteiger partial charge in [-0.25, -0.2) is 0 Å². The monoisotopic (exact) mass is 312 g/mol. The molecule has 6 heteroatoms. The molecule has 2 atom stereocenters. The molecule has 1 heterocycles. The van der Waals surface area contributed by atoms with E-state index in [1.54, 1.807) is 16.4 Å². The van der Waals surface area contributed by atoms with Crippen molar-refractivity contribution in [3.8, 4) is 0 Å². The lowest BCUT2D eigenvalue weighted by Crippen LogP contribution is -2.47. The molecule has 1 aliphatic rings. The van der Waals surface area contributed by atoms with Gasteiger partial charge in [0.2, 0.25) is 0 Å². The Morgan fingerprint density at radius 3 is 2.19 bits per heavy atom. The van der Waals surface area contributed by atoms with Crippen molar-refractivity contribution in [2.24, 2.45) is 11.8 Å². The maximum absolute atomic E-state index is 12.3. The molecule has 1 saturated heterocycles. The van der Waals surface area contributed by atoms with Crippen LogP contribution in [0.4, 0.5) is 0 Å². The molecule has 1 aliphatic heterocycles. The highest BCUT2D eigenvalue weighted by Crippen LogP contribution is 2.22. The molecule has 2 N–H and O–H groups in total.